The first-order valence-corrected chi connectivity index (χ1v) is 7.00. The van der Waals surface area contributed by atoms with Gasteiger partial charge < -0.3 is 4.42 Å². The summed E-state index contributed by atoms with van der Waals surface area (Å²) in [5.41, 5.74) is 1.79. The lowest BCUT2D eigenvalue weighted by atomic mass is 10.2. The maximum absolute atomic E-state index is 5.80. The largest absolute Gasteiger partial charge is 0.455 e. The first-order chi connectivity index (χ1) is 7.65. The molecule has 16 heavy (non-hydrogen) atoms. The van der Waals surface area contributed by atoms with E-state index in [1.54, 1.807) is 0 Å². The van der Waals surface area contributed by atoms with Crippen molar-refractivity contribution >= 4 is 69.7 Å². The second-order valence-electron chi connectivity index (χ2n) is 3.51. The Hall–Kier alpha value is -0.320. The molecule has 0 amide bonds. The molecule has 0 unspecified atom stereocenters. The van der Waals surface area contributed by atoms with Gasteiger partial charge in [-0.3, -0.25) is 0 Å². The van der Waals surface area contributed by atoms with Crippen molar-refractivity contribution in [2.24, 2.45) is 0 Å². The average Bonchev–Trinajstić information content (AvgIpc) is 2.57. The van der Waals surface area contributed by atoms with Crippen LogP contribution in [-0.4, -0.2) is 0 Å². The summed E-state index contributed by atoms with van der Waals surface area (Å²) in [4.78, 5) is 0. The normalized spacial score (nSPS) is 11.4. The van der Waals surface area contributed by atoms with Gasteiger partial charge in [0.15, 0.2) is 0 Å². The molecule has 0 bridgehead atoms. The Morgan fingerprint density at radius 3 is 2.38 bits per heavy atom. The number of hydrogen-bond donors (Lipinski definition) is 0. The number of furan rings is 1. The predicted octanol–water partition coefficient (Wildman–Crippen LogP) is 5.87. The van der Waals surface area contributed by atoms with Crippen LogP contribution in [0.15, 0.2) is 48.2 Å². The van der Waals surface area contributed by atoms with Gasteiger partial charge in [-0.1, -0.05) is 31.9 Å². The molecular weight excluding hydrogens is 400 g/mol. The summed E-state index contributed by atoms with van der Waals surface area (Å²) in [6.07, 6.45) is 0. The van der Waals surface area contributed by atoms with Crippen molar-refractivity contribution in [3.05, 3.63) is 43.7 Å². The SMILES string of the molecule is Brc1ccc2oc3c(Br)cc(Br)cc3c2c1. The highest BCUT2D eigenvalue weighted by molar-refractivity contribution is 9.11. The quantitative estimate of drug-likeness (QED) is 0.456. The van der Waals surface area contributed by atoms with Gasteiger partial charge >= 0.3 is 0 Å². The van der Waals surface area contributed by atoms with Crippen LogP contribution in [0.2, 0.25) is 0 Å². The van der Waals surface area contributed by atoms with Crippen LogP contribution in [0.3, 0.4) is 0 Å². The Morgan fingerprint density at radius 1 is 0.812 bits per heavy atom. The van der Waals surface area contributed by atoms with E-state index in [4.69, 9.17) is 4.42 Å². The number of halogens is 3. The molecule has 2 aromatic carbocycles. The molecule has 0 spiro atoms. The monoisotopic (exact) mass is 402 g/mol. The minimum Gasteiger partial charge on any atom is -0.455 e. The highest BCUT2D eigenvalue weighted by Crippen LogP contribution is 2.36. The first-order valence-electron chi connectivity index (χ1n) is 4.62. The fourth-order valence-electron chi connectivity index (χ4n) is 1.78. The molecular formula is C12H5Br3O. The highest BCUT2D eigenvalue weighted by Gasteiger charge is 2.10. The van der Waals surface area contributed by atoms with Crippen LogP contribution in [0.1, 0.15) is 0 Å². The third-order valence-electron chi connectivity index (χ3n) is 2.45. The maximum Gasteiger partial charge on any atom is 0.149 e. The predicted molar refractivity (Wildman–Crippen MR) is 76.8 cm³/mol. The third kappa shape index (κ3) is 1.63. The van der Waals surface area contributed by atoms with Gasteiger partial charge in [-0.15, -0.1) is 0 Å². The van der Waals surface area contributed by atoms with E-state index in [0.29, 0.717) is 0 Å². The van der Waals surface area contributed by atoms with Crippen LogP contribution in [0, 0.1) is 0 Å². The molecule has 0 aliphatic rings. The molecule has 0 aliphatic heterocycles. The fourth-order valence-corrected chi connectivity index (χ4v) is 3.44. The summed E-state index contributed by atoms with van der Waals surface area (Å²) in [5.74, 6) is 0. The molecule has 0 radical (unpaired) electrons. The van der Waals surface area contributed by atoms with E-state index < -0.39 is 0 Å². The molecule has 80 valence electrons. The highest BCUT2D eigenvalue weighted by atomic mass is 79.9. The fraction of sp³-hybridized carbons (Fsp3) is 0. The van der Waals surface area contributed by atoms with E-state index in [-0.39, 0.29) is 0 Å². The van der Waals surface area contributed by atoms with E-state index in [1.165, 1.54) is 0 Å². The molecule has 3 rings (SSSR count). The number of fused-ring (bicyclic) bond motifs is 3. The smallest absolute Gasteiger partial charge is 0.149 e. The zero-order valence-electron chi connectivity index (χ0n) is 7.93. The zero-order valence-corrected chi connectivity index (χ0v) is 12.7. The van der Waals surface area contributed by atoms with Crippen LogP contribution >= 0.6 is 47.8 Å². The van der Waals surface area contributed by atoms with Crippen molar-refractivity contribution in [2.45, 2.75) is 0 Å². The summed E-state index contributed by atoms with van der Waals surface area (Å²) in [5, 5.41) is 2.23. The van der Waals surface area contributed by atoms with Gasteiger partial charge in [-0.2, -0.15) is 0 Å². The Kier molecular flexibility index (Phi) is 2.61. The lowest BCUT2D eigenvalue weighted by molar-refractivity contribution is 0.666. The first kappa shape index (κ1) is 10.8. The van der Waals surface area contributed by atoms with E-state index >= 15 is 0 Å². The maximum atomic E-state index is 5.80. The van der Waals surface area contributed by atoms with Crippen molar-refractivity contribution in [2.75, 3.05) is 0 Å². The Bertz CT molecular complexity index is 700. The molecule has 0 aliphatic carbocycles. The van der Waals surface area contributed by atoms with Gasteiger partial charge in [0.25, 0.3) is 0 Å². The van der Waals surface area contributed by atoms with Crippen LogP contribution in [0.5, 0.6) is 0 Å². The molecule has 0 saturated heterocycles. The van der Waals surface area contributed by atoms with E-state index in [1.807, 2.05) is 18.2 Å². The Morgan fingerprint density at radius 2 is 1.56 bits per heavy atom. The Labute approximate surface area is 117 Å². The summed E-state index contributed by atoms with van der Waals surface area (Å²) < 4.78 is 8.86. The second-order valence-corrected chi connectivity index (χ2v) is 6.19. The van der Waals surface area contributed by atoms with Crippen LogP contribution in [0.25, 0.3) is 21.9 Å². The van der Waals surface area contributed by atoms with Crippen LogP contribution < -0.4 is 0 Å². The standard InChI is InChI=1S/C12H5Br3O/c13-6-1-2-11-8(3-6)9-4-7(14)5-10(15)12(9)16-11/h1-5H. The van der Waals surface area contributed by atoms with Crippen LogP contribution in [-0.2, 0) is 0 Å². The number of rotatable bonds is 0. The molecule has 0 fully saturated rings. The molecule has 4 heteroatoms. The van der Waals surface area contributed by atoms with Gasteiger partial charge in [0.2, 0.25) is 0 Å². The summed E-state index contributed by atoms with van der Waals surface area (Å²) >= 11 is 10.5. The van der Waals surface area contributed by atoms with Gasteiger partial charge in [-0.25, -0.2) is 0 Å². The number of hydrogen-bond acceptors (Lipinski definition) is 1. The van der Waals surface area contributed by atoms with Crippen molar-refractivity contribution < 1.29 is 4.42 Å². The van der Waals surface area contributed by atoms with Crippen LogP contribution in [0.4, 0.5) is 0 Å². The third-order valence-corrected chi connectivity index (χ3v) is 3.99. The zero-order chi connectivity index (χ0) is 11.3. The van der Waals surface area contributed by atoms with E-state index in [9.17, 15) is 0 Å². The molecule has 0 N–H and O–H groups in total. The molecule has 3 aromatic rings. The van der Waals surface area contributed by atoms with Crippen molar-refractivity contribution in [1.82, 2.24) is 0 Å². The topological polar surface area (TPSA) is 13.1 Å². The van der Waals surface area contributed by atoms with Gasteiger partial charge in [0, 0.05) is 19.7 Å². The molecule has 0 saturated carbocycles. The summed E-state index contributed by atoms with van der Waals surface area (Å²) in [7, 11) is 0. The summed E-state index contributed by atoms with van der Waals surface area (Å²) in [6, 6.07) is 10.1. The van der Waals surface area contributed by atoms with Crippen molar-refractivity contribution in [3.63, 3.8) is 0 Å². The van der Waals surface area contributed by atoms with Gasteiger partial charge in [0.05, 0.1) is 4.47 Å². The molecule has 1 nitrogen and oxygen atoms in total. The van der Waals surface area contributed by atoms with Crippen molar-refractivity contribution in [3.8, 4) is 0 Å². The minimum atomic E-state index is 0.885. The van der Waals surface area contributed by atoms with Gasteiger partial charge in [0.1, 0.15) is 11.2 Å². The lowest BCUT2D eigenvalue weighted by Crippen LogP contribution is -1.70. The lowest BCUT2D eigenvalue weighted by Gasteiger charge is -1.94. The van der Waals surface area contributed by atoms with Gasteiger partial charge in [-0.05, 0) is 46.3 Å². The second kappa shape index (κ2) is 3.86. The Balaban J connectivity index is 2.57. The summed E-state index contributed by atoms with van der Waals surface area (Å²) in [6.45, 7) is 0. The number of benzene rings is 2. The van der Waals surface area contributed by atoms with E-state index in [0.717, 1.165) is 35.4 Å². The van der Waals surface area contributed by atoms with Crippen molar-refractivity contribution in [1.29, 1.82) is 0 Å². The molecule has 0 atom stereocenters. The minimum absolute atomic E-state index is 0.885. The van der Waals surface area contributed by atoms with E-state index in [2.05, 4.69) is 59.9 Å². The molecule has 1 aromatic heterocycles. The molecule has 1 heterocycles. The average molecular weight is 405 g/mol.